The number of nitrogens with one attached hydrogen (secondary N) is 1. The lowest BCUT2D eigenvalue weighted by atomic mass is 10.0. The lowest BCUT2D eigenvalue weighted by Gasteiger charge is -2.24. The van der Waals surface area contributed by atoms with Crippen LogP contribution in [0.2, 0.25) is 0 Å². The second-order valence-corrected chi connectivity index (χ2v) is 12.4. The first kappa shape index (κ1) is 32.2. The Morgan fingerprint density at radius 3 is 2.07 bits per heavy atom. The highest BCUT2D eigenvalue weighted by Gasteiger charge is 2.34. The molecule has 1 aromatic heterocycles. The lowest BCUT2D eigenvalue weighted by Crippen LogP contribution is -2.40. The summed E-state index contributed by atoms with van der Waals surface area (Å²) in [5, 5.41) is 14.4. The molecule has 0 spiro atoms. The number of terminal acetylenes is 1. The highest BCUT2D eigenvalue weighted by Crippen LogP contribution is 2.29. The van der Waals surface area contributed by atoms with E-state index in [4.69, 9.17) is 6.42 Å². The molecule has 0 bridgehead atoms. The van der Waals surface area contributed by atoms with Crippen molar-refractivity contribution in [2.45, 2.75) is 56.9 Å². The standard InChI is InChI=1S/C34H35N3O6S/c1-3-23-36-29-14-8-6-12-27(29)33(28-13-7-9-15-30(28)36)34(41)37(44(42,43)26-20-18-25(2)19-21-26)24-11-16-31(38)35-22-10-4-5-17-32(39)40/h1,6-9,12-15,18-21H,4-5,10-11,16-17,22-24H2,2H3,(H-,35,38,39,40). The molecule has 0 aliphatic carbocycles. The third kappa shape index (κ3) is 7.41. The maximum atomic E-state index is 14.5. The molecular formula is C34H35N3O6S. The summed E-state index contributed by atoms with van der Waals surface area (Å²) in [6.45, 7) is 2.26. The van der Waals surface area contributed by atoms with Gasteiger partial charge in [0.1, 0.15) is 0 Å². The predicted octanol–water partition coefficient (Wildman–Crippen LogP) is 3.26. The Kier molecular flexibility index (Phi) is 10.7. The number of hydrogen-bond donors (Lipinski definition) is 1. The molecule has 9 nitrogen and oxygen atoms in total. The minimum atomic E-state index is -4.30. The lowest BCUT2D eigenvalue weighted by molar-refractivity contribution is -0.632. The minimum absolute atomic E-state index is 0.00466. The van der Waals surface area contributed by atoms with E-state index >= 15 is 0 Å². The summed E-state index contributed by atoms with van der Waals surface area (Å²) in [5.41, 5.74) is 2.50. The molecule has 4 rings (SSSR count). The quantitative estimate of drug-likeness (QED) is 0.101. The fourth-order valence-corrected chi connectivity index (χ4v) is 6.58. The van der Waals surface area contributed by atoms with Crippen molar-refractivity contribution in [2.24, 2.45) is 0 Å². The third-order valence-corrected chi connectivity index (χ3v) is 9.17. The van der Waals surface area contributed by atoms with Crippen LogP contribution in [0.25, 0.3) is 21.8 Å². The van der Waals surface area contributed by atoms with Gasteiger partial charge < -0.3 is 15.2 Å². The highest BCUT2D eigenvalue weighted by molar-refractivity contribution is 7.89. The van der Waals surface area contributed by atoms with E-state index in [-0.39, 0.29) is 48.7 Å². The third-order valence-electron chi connectivity index (χ3n) is 7.37. The first-order valence-corrected chi connectivity index (χ1v) is 16.0. The number of rotatable bonds is 14. The number of pyridine rings is 1. The molecule has 0 radical (unpaired) electrons. The SMILES string of the molecule is C#CC[n+]1c2ccccc2c(C(=O)N(CCCC(=O)NCCCCCC(=O)[O-])S(=O)(=O)c2ccc(C)cc2)c2ccccc21. The maximum absolute atomic E-state index is 14.5. The van der Waals surface area contributed by atoms with Gasteiger partial charge >= 0.3 is 0 Å². The number of nitrogens with zero attached hydrogens (tertiary/aromatic N) is 2. The van der Waals surface area contributed by atoms with E-state index in [1.54, 1.807) is 36.4 Å². The number of carbonyl (C=O) groups excluding carboxylic acids is 3. The van der Waals surface area contributed by atoms with E-state index in [0.717, 1.165) is 9.87 Å². The predicted molar refractivity (Wildman–Crippen MR) is 166 cm³/mol. The molecule has 0 saturated carbocycles. The number of carboxylic acids is 1. The van der Waals surface area contributed by atoms with Crippen molar-refractivity contribution in [2.75, 3.05) is 13.1 Å². The fourth-order valence-electron chi connectivity index (χ4n) is 5.17. The fraction of sp³-hybridized carbons (Fsp3) is 0.294. The molecule has 1 N–H and O–H groups in total. The molecule has 0 aliphatic rings. The molecular weight excluding hydrogens is 578 g/mol. The van der Waals surface area contributed by atoms with Gasteiger partial charge in [0.25, 0.3) is 15.9 Å². The monoisotopic (exact) mass is 613 g/mol. The second kappa shape index (κ2) is 14.6. The number of benzene rings is 3. The molecule has 0 saturated heterocycles. The van der Waals surface area contributed by atoms with Crippen LogP contribution >= 0.6 is 0 Å². The van der Waals surface area contributed by atoms with Gasteiger partial charge in [0.15, 0.2) is 0 Å². The van der Waals surface area contributed by atoms with Gasteiger partial charge in [-0.25, -0.2) is 12.7 Å². The van der Waals surface area contributed by atoms with E-state index in [1.165, 1.54) is 12.1 Å². The van der Waals surface area contributed by atoms with Crippen molar-refractivity contribution < 1.29 is 32.5 Å². The summed E-state index contributed by atoms with van der Waals surface area (Å²) in [5.74, 6) is 0.588. The van der Waals surface area contributed by atoms with Crippen LogP contribution < -0.4 is 15.0 Å². The number of aryl methyl sites for hydroxylation is 1. The van der Waals surface area contributed by atoms with E-state index in [2.05, 4.69) is 11.2 Å². The Bertz CT molecular complexity index is 1770. The van der Waals surface area contributed by atoms with Crippen molar-refractivity contribution >= 4 is 49.6 Å². The van der Waals surface area contributed by atoms with Crippen molar-refractivity contribution in [3.05, 3.63) is 83.9 Å². The number of aromatic nitrogens is 1. The van der Waals surface area contributed by atoms with Crippen LogP contribution in [0, 0.1) is 19.3 Å². The molecule has 0 unspecified atom stereocenters. The Labute approximate surface area is 257 Å². The van der Waals surface area contributed by atoms with E-state index in [0.29, 0.717) is 47.6 Å². The van der Waals surface area contributed by atoms with Gasteiger partial charge in [-0.05, 0) is 62.8 Å². The molecule has 4 aromatic rings. The first-order chi connectivity index (χ1) is 21.1. The number of hydrogen-bond acceptors (Lipinski definition) is 6. The van der Waals surface area contributed by atoms with Crippen LogP contribution in [0.1, 0.15) is 54.4 Å². The van der Waals surface area contributed by atoms with Crippen LogP contribution in [-0.2, 0) is 26.2 Å². The molecule has 10 heteroatoms. The molecule has 228 valence electrons. The van der Waals surface area contributed by atoms with Crippen LogP contribution in [0.3, 0.4) is 0 Å². The molecule has 44 heavy (non-hydrogen) atoms. The Balaban J connectivity index is 1.66. The average Bonchev–Trinajstić information content (AvgIpc) is 3.00. The Morgan fingerprint density at radius 1 is 0.864 bits per heavy atom. The number of sulfonamides is 1. The summed E-state index contributed by atoms with van der Waals surface area (Å²) >= 11 is 0. The van der Waals surface area contributed by atoms with Gasteiger partial charge in [-0.1, -0.05) is 48.4 Å². The van der Waals surface area contributed by atoms with Crippen molar-refractivity contribution in [1.82, 2.24) is 9.62 Å². The van der Waals surface area contributed by atoms with E-state index in [1.807, 2.05) is 35.8 Å². The summed E-state index contributed by atoms with van der Waals surface area (Å²) < 4.78 is 30.8. The van der Waals surface area contributed by atoms with Gasteiger partial charge in [0.05, 0.1) is 21.2 Å². The summed E-state index contributed by atoms with van der Waals surface area (Å²) in [4.78, 5) is 37.5. The number of carboxylic acid groups (broad SMARTS) is 1. The topological polar surface area (TPSA) is 128 Å². The molecule has 0 fully saturated rings. The number of fused-ring (bicyclic) bond motifs is 2. The molecule has 0 atom stereocenters. The highest BCUT2D eigenvalue weighted by atomic mass is 32.2. The number of aliphatic carboxylic acids is 1. The minimum Gasteiger partial charge on any atom is -0.550 e. The average molecular weight is 614 g/mol. The van der Waals surface area contributed by atoms with Gasteiger partial charge in [0, 0.05) is 37.6 Å². The van der Waals surface area contributed by atoms with Crippen LogP contribution in [-0.4, -0.2) is 43.6 Å². The van der Waals surface area contributed by atoms with Crippen molar-refractivity contribution in [1.29, 1.82) is 0 Å². The van der Waals surface area contributed by atoms with Crippen LogP contribution in [0.5, 0.6) is 0 Å². The van der Waals surface area contributed by atoms with Crippen molar-refractivity contribution in [3.8, 4) is 12.3 Å². The first-order valence-electron chi connectivity index (χ1n) is 14.5. The number of amides is 2. The van der Waals surface area contributed by atoms with Gasteiger partial charge in [-0.15, -0.1) is 6.42 Å². The number of carbonyl (C=O) groups is 3. The zero-order chi connectivity index (χ0) is 31.7. The molecule has 3 aromatic carbocycles. The summed E-state index contributed by atoms with van der Waals surface area (Å²) in [6, 6.07) is 20.8. The second-order valence-electron chi connectivity index (χ2n) is 10.5. The Morgan fingerprint density at radius 2 is 1.48 bits per heavy atom. The molecule has 1 heterocycles. The van der Waals surface area contributed by atoms with Crippen LogP contribution in [0.15, 0.2) is 77.7 Å². The largest absolute Gasteiger partial charge is 0.550 e. The smallest absolute Gasteiger partial charge is 0.269 e. The van der Waals surface area contributed by atoms with Gasteiger partial charge in [0.2, 0.25) is 23.5 Å². The zero-order valence-electron chi connectivity index (χ0n) is 24.6. The number of para-hydroxylation sites is 2. The zero-order valence-corrected chi connectivity index (χ0v) is 25.4. The number of unbranched alkanes of at least 4 members (excludes halogenated alkanes) is 2. The Hall–Kier alpha value is -4.75. The van der Waals surface area contributed by atoms with Crippen LogP contribution in [0.4, 0.5) is 0 Å². The molecule has 2 amide bonds. The summed E-state index contributed by atoms with van der Waals surface area (Å²) in [7, 11) is -4.30. The van der Waals surface area contributed by atoms with Crippen molar-refractivity contribution in [3.63, 3.8) is 0 Å². The molecule has 0 aliphatic heterocycles. The van der Waals surface area contributed by atoms with Gasteiger partial charge in [-0.3, -0.25) is 9.59 Å². The van der Waals surface area contributed by atoms with E-state index < -0.39 is 21.9 Å². The van der Waals surface area contributed by atoms with Gasteiger partial charge in [-0.2, -0.15) is 4.57 Å². The van der Waals surface area contributed by atoms with E-state index in [9.17, 15) is 27.9 Å². The maximum Gasteiger partial charge on any atom is 0.269 e. The normalized spacial score (nSPS) is 11.3. The summed E-state index contributed by atoms with van der Waals surface area (Å²) in [6.07, 6.45) is 7.48.